The van der Waals surface area contributed by atoms with Gasteiger partial charge in [-0.15, -0.1) is 0 Å². The second-order valence-corrected chi connectivity index (χ2v) is 9.69. The van der Waals surface area contributed by atoms with Crippen LogP contribution in [-0.2, 0) is 24.7 Å². The highest BCUT2D eigenvalue weighted by atomic mass is 16.5. The molecule has 0 saturated carbocycles. The van der Waals surface area contributed by atoms with Crippen LogP contribution in [-0.4, -0.2) is 0 Å². The van der Waals surface area contributed by atoms with E-state index in [-0.39, 0.29) is 5.41 Å². The largest absolute Gasteiger partial charge is 0.457 e. The van der Waals surface area contributed by atoms with Gasteiger partial charge in [0, 0.05) is 0 Å². The van der Waals surface area contributed by atoms with Gasteiger partial charge >= 0.3 is 0 Å². The summed E-state index contributed by atoms with van der Waals surface area (Å²) in [5.74, 6) is 1.93. The van der Waals surface area contributed by atoms with Gasteiger partial charge in [0.15, 0.2) is 0 Å². The van der Waals surface area contributed by atoms with Crippen molar-refractivity contribution in [3.63, 3.8) is 0 Å². The van der Waals surface area contributed by atoms with E-state index in [1.807, 2.05) is 0 Å². The minimum Gasteiger partial charge on any atom is -0.457 e. The molecular weight excluding hydrogens is 388 g/mol. The van der Waals surface area contributed by atoms with Crippen LogP contribution < -0.4 is 4.74 Å². The Bertz CT molecular complexity index is 1100. The van der Waals surface area contributed by atoms with Crippen molar-refractivity contribution in [1.29, 1.82) is 0 Å². The zero-order valence-electron chi connectivity index (χ0n) is 20.9. The first-order chi connectivity index (χ1) is 15.2. The van der Waals surface area contributed by atoms with E-state index in [1.54, 1.807) is 0 Å². The molecule has 0 aliphatic carbocycles. The quantitative estimate of drug-likeness (QED) is 0.367. The summed E-state index contributed by atoms with van der Waals surface area (Å²) in [5.41, 5.74) is 9.30. The molecule has 0 spiro atoms. The standard InChI is InChI=1S/C31H38O/c1-8-24-20-27(23(4)28(21-24)31(5,6)7)18-13-17-26-15-10-11-19-29(26)32-30-22(3)14-12-16-25(30)9-2/h10-16,18-21H,8-9,17H2,1-7H3/b18-13-. The lowest BCUT2D eigenvalue weighted by Gasteiger charge is -2.24. The molecule has 3 aromatic carbocycles. The minimum absolute atomic E-state index is 0.142. The van der Waals surface area contributed by atoms with Crippen molar-refractivity contribution in [2.45, 2.75) is 73.1 Å². The number of hydrogen-bond acceptors (Lipinski definition) is 1. The predicted octanol–water partition coefficient (Wildman–Crippen LogP) is 8.77. The number of hydrogen-bond donors (Lipinski definition) is 0. The van der Waals surface area contributed by atoms with Crippen LogP contribution in [0.5, 0.6) is 11.5 Å². The van der Waals surface area contributed by atoms with Gasteiger partial charge in [-0.3, -0.25) is 0 Å². The Balaban J connectivity index is 1.88. The molecule has 0 aliphatic rings. The lowest BCUT2D eigenvalue weighted by Crippen LogP contribution is -2.14. The third-order valence-electron chi connectivity index (χ3n) is 6.22. The Morgan fingerprint density at radius 3 is 2.25 bits per heavy atom. The lowest BCUT2D eigenvalue weighted by atomic mass is 9.81. The fraction of sp³-hybridized carbons (Fsp3) is 0.355. The Morgan fingerprint density at radius 1 is 0.844 bits per heavy atom. The molecule has 1 nitrogen and oxygen atoms in total. The predicted molar refractivity (Wildman–Crippen MR) is 139 cm³/mol. The van der Waals surface area contributed by atoms with Crippen LogP contribution in [0.4, 0.5) is 0 Å². The smallest absolute Gasteiger partial charge is 0.133 e. The molecule has 0 aliphatic heterocycles. The van der Waals surface area contributed by atoms with E-state index in [9.17, 15) is 0 Å². The van der Waals surface area contributed by atoms with E-state index in [1.165, 1.54) is 38.9 Å². The normalized spacial score (nSPS) is 11.8. The molecule has 168 valence electrons. The molecule has 3 aromatic rings. The molecule has 1 heteroatoms. The molecule has 0 heterocycles. The second kappa shape index (κ2) is 10.2. The number of benzene rings is 3. The van der Waals surface area contributed by atoms with E-state index in [0.29, 0.717) is 0 Å². The highest BCUT2D eigenvalue weighted by Crippen LogP contribution is 2.33. The number of ether oxygens (including phenoxy) is 1. The highest BCUT2D eigenvalue weighted by Gasteiger charge is 2.18. The average Bonchev–Trinajstić information content (AvgIpc) is 2.76. The maximum absolute atomic E-state index is 6.46. The van der Waals surface area contributed by atoms with E-state index in [0.717, 1.165) is 30.8 Å². The van der Waals surface area contributed by atoms with Gasteiger partial charge in [0.25, 0.3) is 0 Å². The van der Waals surface area contributed by atoms with E-state index < -0.39 is 0 Å². The summed E-state index contributed by atoms with van der Waals surface area (Å²) in [4.78, 5) is 0. The van der Waals surface area contributed by atoms with Crippen LogP contribution >= 0.6 is 0 Å². The lowest BCUT2D eigenvalue weighted by molar-refractivity contribution is 0.468. The van der Waals surface area contributed by atoms with Crippen molar-refractivity contribution >= 4 is 6.08 Å². The van der Waals surface area contributed by atoms with Crippen molar-refractivity contribution in [3.8, 4) is 11.5 Å². The molecule has 0 atom stereocenters. The van der Waals surface area contributed by atoms with Crippen molar-refractivity contribution in [3.05, 3.63) is 99.6 Å². The zero-order valence-corrected chi connectivity index (χ0v) is 20.9. The first-order valence-electron chi connectivity index (χ1n) is 11.9. The first kappa shape index (κ1) is 23.9. The van der Waals surface area contributed by atoms with Crippen molar-refractivity contribution in [1.82, 2.24) is 0 Å². The van der Waals surface area contributed by atoms with Gasteiger partial charge in [-0.1, -0.05) is 95.3 Å². The molecule has 0 bridgehead atoms. The maximum atomic E-state index is 6.46. The number of rotatable bonds is 7. The monoisotopic (exact) mass is 426 g/mol. The van der Waals surface area contributed by atoms with Gasteiger partial charge in [-0.25, -0.2) is 0 Å². The summed E-state index contributed by atoms with van der Waals surface area (Å²) in [6, 6.07) is 19.5. The van der Waals surface area contributed by atoms with E-state index >= 15 is 0 Å². The summed E-state index contributed by atoms with van der Waals surface area (Å²) < 4.78 is 6.46. The Morgan fingerprint density at radius 2 is 1.56 bits per heavy atom. The van der Waals surface area contributed by atoms with Crippen LogP contribution in [0, 0.1) is 13.8 Å². The maximum Gasteiger partial charge on any atom is 0.133 e. The van der Waals surface area contributed by atoms with Crippen LogP contribution in [0.25, 0.3) is 6.08 Å². The number of para-hydroxylation sites is 2. The topological polar surface area (TPSA) is 9.23 Å². The van der Waals surface area contributed by atoms with Crippen LogP contribution in [0.2, 0.25) is 0 Å². The fourth-order valence-electron chi connectivity index (χ4n) is 4.29. The molecule has 3 rings (SSSR count). The summed E-state index contributed by atoms with van der Waals surface area (Å²) in [6.07, 6.45) is 7.41. The average molecular weight is 427 g/mol. The minimum atomic E-state index is 0.142. The zero-order chi connectivity index (χ0) is 23.3. The summed E-state index contributed by atoms with van der Waals surface area (Å²) in [6.45, 7) is 15.7. The SMILES string of the molecule is CCc1cc(/C=C\Cc2ccccc2Oc2c(C)cccc2CC)c(C)c(C(C)(C)C)c1. The first-order valence-corrected chi connectivity index (χ1v) is 11.9. The number of aryl methyl sites for hydroxylation is 3. The third kappa shape index (κ3) is 5.51. The van der Waals surface area contributed by atoms with Crippen molar-refractivity contribution < 1.29 is 4.74 Å². The third-order valence-corrected chi connectivity index (χ3v) is 6.22. The molecule has 0 fully saturated rings. The summed E-state index contributed by atoms with van der Waals surface area (Å²) in [5, 5.41) is 0. The molecule has 0 N–H and O–H groups in total. The number of allylic oxidation sites excluding steroid dienone is 1. The summed E-state index contributed by atoms with van der Waals surface area (Å²) in [7, 11) is 0. The van der Waals surface area contributed by atoms with Gasteiger partial charge < -0.3 is 4.74 Å². The van der Waals surface area contributed by atoms with Gasteiger partial charge in [-0.05, 0) is 83.5 Å². The van der Waals surface area contributed by atoms with Crippen molar-refractivity contribution in [2.75, 3.05) is 0 Å². The van der Waals surface area contributed by atoms with Gasteiger partial charge in [0.05, 0.1) is 0 Å². The Kier molecular flexibility index (Phi) is 7.61. The van der Waals surface area contributed by atoms with E-state index in [2.05, 4.69) is 115 Å². The molecule has 0 saturated heterocycles. The van der Waals surface area contributed by atoms with Crippen LogP contribution in [0.15, 0.2) is 60.7 Å². The van der Waals surface area contributed by atoms with Crippen molar-refractivity contribution in [2.24, 2.45) is 0 Å². The van der Waals surface area contributed by atoms with Gasteiger partial charge in [-0.2, -0.15) is 0 Å². The second-order valence-electron chi connectivity index (χ2n) is 9.69. The summed E-state index contributed by atoms with van der Waals surface area (Å²) >= 11 is 0. The fourth-order valence-corrected chi connectivity index (χ4v) is 4.29. The molecule has 32 heavy (non-hydrogen) atoms. The molecule has 0 radical (unpaired) electrons. The molecule has 0 aromatic heterocycles. The van der Waals surface area contributed by atoms with E-state index in [4.69, 9.17) is 4.74 Å². The molecular formula is C31H38O. The van der Waals surface area contributed by atoms with Gasteiger partial charge in [0.1, 0.15) is 11.5 Å². The van der Waals surface area contributed by atoms with Crippen LogP contribution in [0.3, 0.4) is 0 Å². The highest BCUT2D eigenvalue weighted by molar-refractivity contribution is 5.59. The Labute approximate surface area is 195 Å². The molecule has 0 unspecified atom stereocenters. The Hall–Kier alpha value is -2.80. The van der Waals surface area contributed by atoms with Crippen LogP contribution in [0.1, 0.15) is 73.6 Å². The van der Waals surface area contributed by atoms with Gasteiger partial charge in [0.2, 0.25) is 0 Å². The molecule has 0 amide bonds.